The molecule has 78 valence electrons. The number of likely N-dealkylation sites (tertiary alicyclic amines) is 1. The maximum absolute atomic E-state index is 3.29. The zero-order chi connectivity index (χ0) is 9.68. The van der Waals surface area contributed by atoms with Crippen LogP contribution in [0.3, 0.4) is 0 Å². The number of nitrogens with one attached hydrogen (secondary N) is 1. The van der Waals surface area contributed by atoms with Gasteiger partial charge in [-0.15, -0.1) is 0 Å². The number of nitrogens with zero attached hydrogens (tertiary/aromatic N) is 1. The van der Waals surface area contributed by atoms with Gasteiger partial charge in [-0.1, -0.05) is 13.8 Å². The summed E-state index contributed by atoms with van der Waals surface area (Å²) in [7, 11) is 2.05. The number of rotatable bonds is 4. The Bertz CT molecular complexity index is 136. The van der Waals surface area contributed by atoms with E-state index in [-0.39, 0.29) is 0 Å². The Morgan fingerprint density at radius 2 is 2.31 bits per heavy atom. The minimum absolute atomic E-state index is 0.757. The zero-order valence-corrected chi connectivity index (χ0v) is 9.34. The van der Waals surface area contributed by atoms with Crippen molar-refractivity contribution in [3.8, 4) is 0 Å². The molecule has 1 fully saturated rings. The van der Waals surface area contributed by atoms with Crippen LogP contribution in [0.1, 0.15) is 33.1 Å². The molecular weight excluding hydrogens is 160 g/mol. The summed E-state index contributed by atoms with van der Waals surface area (Å²) in [6.45, 7) is 8.42. The molecule has 0 aromatic heterocycles. The maximum Gasteiger partial charge on any atom is 0.0218 e. The normalized spacial score (nSPS) is 27.5. The molecule has 0 aromatic rings. The van der Waals surface area contributed by atoms with E-state index in [1.54, 1.807) is 0 Å². The van der Waals surface area contributed by atoms with E-state index in [4.69, 9.17) is 0 Å². The third kappa shape index (κ3) is 3.28. The highest BCUT2D eigenvalue weighted by Gasteiger charge is 2.21. The molecule has 2 heteroatoms. The Morgan fingerprint density at radius 3 is 2.85 bits per heavy atom. The Kier molecular flexibility index (Phi) is 4.74. The van der Waals surface area contributed by atoms with E-state index in [9.17, 15) is 0 Å². The minimum atomic E-state index is 0.757. The van der Waals surface area contributed by atoms with Crippen molar-refractivity contribution >= 4 is 0 Å². The molecule has 1 aliphatic rings. The van der Waals surface area contributed by atoms with Crippen LogP contribution >= 0.6 is 0 Å². The van der Waals surface area contributed by atoms with Gasteiger partial charge >= 0.3 is 0 Å². The van der Waals surface area contributed by atoms with Crippen molar-refractivity contribution in [3.05, 3.63) is 0 Å². The molecular formula is C11H24N2. The van der Waals surface area contributed by atoms with Crippen LogP contribution < -0.4 is 5.32 Å². The summed E-state index contributed by atoms with van der Waals surface area (Å²) in [5.41, 5.74) is 0. The predicted molar refractivity (Wildman–Crippen MR) is 58.0 cm³/mol. The lowest BCUT2D eigenvalue weighted by atomic mass is 9.98. The highest BCUT2D eigenvalue weighted by Crippen LogP contribution is 2.18. The summed E-state index contributed by atoms with van der Waals surface area (Å²) in [5.74, 6) is 0.902. The van der Waals surface area contributed by atoms with E-state index in [0.717, 1.165) is 18.5 Å². The van der Waals surface area contributed by atoms with Gasteiger partial charge in [-0.2, -0.15) is 0 Å². The molecule has 0 radical (unpaired) electrons. The van der Waals surface area contributed by atoms with Crippen molar-refractivity contribution in [1.82, 2.24) is 10.2 Å². The minimum Gasteiger partial charge on any atom is -0.318 e. The average Bonchev–Trinajstić information content (AvgIpc) is 2.14. The second kappa shape index (κ2) is 5.61. The van der Waals surface area contributed by atoms with Crippen LogP contribution in [0.5, 0.6) is 0 Å². The van der Waals surface area contributed by atoms with E-state index < -0.39 is 0 Å². The monoisotopic (exact) mass is 184 g/mol. The van der Waals surface area contributed by atoms with E-state index in [2.05, 4.69) is 31.1 Å². The van der Waals surface area contributed by atoms with Gasteiger partial charge in [0, 0.05) is 19.1 Å². The molecule has 13 heavy (non-hydrogen) atoms. The molecule has 1 saturated heterocycles. The van der Waals surface area contributed by atoms with E-state index in [1.165, 1.54) is 32.4 Å². The fourth-order valence-electron chi connectivity index (χ4n) is 2.32. The van der Waals surface area contributed by atoms with Crippen LogP contribution in [0, 0.1) is 5.92 Å². The Morgan fingerprint density at radius 1 is 1.54 bits per heavy atom. The second-order valence-corrected chi connectivity index (χ2v) is 4.36. The predicted octanol–water partition coefficient (Wildman–Crippen LogP) is 1.72. The smallest absolute Gasteiger partial charge is 0.0218 e. The quantitative estimate of drug-likeness (QED) is 0.715. The summed E-state index contributed by atoms with van der Waals surface area (Å²) < 4.78 is 0. The van der Waals surface area contributed by atoms with E-state index in [1.807, 2.05) is 0 Å². The highest BCUT2D eigenvalue weighted by molar-refractivity contribution is 4.77. The molecule has 0 aromatic carbocycles. The van der Waals surface area contributed by atoms with Gasteiger partial charge in [0.05, 0.1) is 0 Å². The van der Waals surface area contributed by atoms with E-state index in [0.29, 0.717) is 0 Å². The number of hydrogen-bond donors (Lipinski definition) is 1. The van der Waals surface area contributed by atoms with Crippen molar-refractivity contribution in [1.29, 1.82) is 0 Å². The summed E-state index contributed by atoms with van der Waals surface area (Å²) >= 11 is 0. The molecule has 0 amide bonds. The zero-order valence-electron chi connectivity index (χ0n) is 9.34. The van der Waals surface area contributed by atoms with Crippen LogP contribution in [0.4, 0.5) is 0 Å². The first-order chi connectivity index (χ1) is 6.27. The molecule has 1 aliphatic heterocycles. The van der Waals surface area contributed by atoms with Crippen LogP contribution in [0.15, 0.2) is 0 Å². The molecule has 0 aliphatic carbocycles. The Balaban J connectivity index is 2.37. The van der Waals surface area contributed by atoms with Crippen molar-refractivity contribution in [3.63, 3.8) is 0 Å². The highest BCUT2D eigenvalue weighted by atomic mass is 15.2. The standard InChI is InChI=1S/C11H24N2/c1-4-11(8-12-3)13-7-5-6-10(2)9-13/h10-12H,4-9H2,1-3H3. The van der Waals surface area contributed by atoms with Gasteiger partial charge in [-0.3, -0.25) is 4.90 Å². The van der Waals surface area contributed by atoms with Crippen LogP contribution in [-0.2, 0) is 0 Å². The van der Waals surface area contributed by atoms with Gasteiger partial charge in [0.15, 0.2) is 0 Å². The number of piperidine rings is 1. The Labute approximate surface area is 82.7 Å². The summed E-state index contributed by atoms with van der Waals surface area (Å²) in [6, 6.07) is 0.757. The number of hydrogen-bond acceptors (Lipinski definition) is 2. The van der Waals surface area contributed by atoms with Crippen molar-refractivity contribution in [2.75, 3.05) is 26.7 Å². The van der Waals surface area contributed by atoms with Gasteiger partial charge in [-0.05, 0) is 38.8 Å². The lowest BCUT2D eigenvalue weighted by Crippen LogP contribution is -2.46. The first-order valence-electron chi connectivity index (χ1n) is 5.66. The first kappa shape index (κ1) is 11.0. The van der Waals surface area contributed by atoms with Crippen molar-refractivity contribution in [2.24, 2.45) is 5.92 Å². The summed E-state index contributed by atoms with van der Waals surface area (Å²) in [6.07, 6.45) is 4.08. The van der Waals surface area contributed by atoms with Gasteiger partial charge < -0.3 is 5.32 Å². The lowest BCUT2D eigenvalue weighted by molar-refractivity contribution is 0.126. The molecule has 1 heterocycles. The van der Waals surface area contributed by atoms with Gasteiger partial charge in [-0.25, -0.2) is 0 Å². The SMILES string of the molecule is CCC(CNC)N1CCCC(C)C1. The molecule has 2 atom stereocenters. The van der Waals surface area contributed by atoms with Gasteiger partial charge in [0.1, 0.15) is 0 Å². The molecule has 1 N–H and O–H groups in total. The molecule has 0 spiro atoms. The van der Waals surface area contributed by atoms with Crippen LogP contribution in [0.2, 0.25) is 0 Å². The molecule has 0 bridgehead atoms. The first-order valence-corrected chi connectivity index (χ1v) is 5.66. The largest absolute Gasteiger partial charge is 0.318 e. The van der Waals surface area contributed by atoms with E-state index >= 15 is 0 Å². The molecule has 0 saturated carbocycles. The third-order valence-corrected chi connectivity index (χ3v) is 3.12. The summed E-state index contributed by atoms with van der Waals surface area (Å²) in [4.78, 5) is 2.66. The van der Waals surface area contributed by atoms with Crippen LogP contribution in [-0.4, -0.2) is 37.6 Å². The molecule has 2 unspecified atom stereocenters. The molecule has 2 nitrogen and oxygen atoms in total. The van der Waals surface area contributed by atoms with Crippen molar-refractivity contribution < 1.29 is 0 Å². The van der Waals surface area contributed by atoms with Crippen LogP contribution in [0.25, 0.3) is 0 Å². The second-order valence-electron chi connectivity index (χ2n) is 4.36. The third-order valence-electron chi connectivity index (χ3n) is 3.12. The fraction of sp³-hybridized carbons (Fsp3) is 1.00. The Hall–Kier alpha value is -0.0800. The van der Waals surface area contributed by atoms with Gasteiger partial charge in [0.25, 0.3) is 0 Å². The van der Waals surface area contributed by atoms with Crippen molar-refractivity contribution in [2.45, 2.75) is 39.2 Å². The fourth-order valence-corrected chi connectivity index (χ4v) is 2.32. The number of likely N-dealkylation sites (N-methyl/N-ethyl adjacent to an activating group) is 1. The molecule has 1 rings (SSSR count). The lowest BCUT2D eigenvalue weighted by Gasteiger charge is -2.36. The maximum atomic E-state index is 3.29. The summed E-state index contributed by atoms with van der Waals surface area (Å²) in [5, 5.41) is 3.29. The average molecular weight is 184 g/mol. The topological polar surface area (TPSA) is 15.3 Å². The van der Waals surface area contributed by atoms with Gasteiger partial charge in [0.2, 0.25) is 0 Å².